The van der Waals surface area contributed by atoms with Crippen molar-refractivity contribution in [2.75, 3.05) is 6.54 Å². The number of carbonyl (C=O) groups is 1. The molecule has 1 aromatic rings. The Morgan fingerprint density at radius 2 is 1.86 bits per heavy atom. The van der Waals surface area contributed by atoms with Gasteiger partial charge in [-0.05, 0) is 18.4 Å². The molecule has 0 heterocycles. The van der Waals surface area contributed by atoms with Crippen LogP contribution in [-0.2, 0) is 4.79 Å². The predicted molar refractivity (Wildman–Crippen MR) is 78.7 cm³/mol. The molecule has 5 heteroatoms. The van der Waals surface area contributed by atoms with E-state index in [4.69, 9.17) is 0 Å². The van der Waals surface area contributed by atoms with Crippen molar-refractivity contribution < 1.29 is 14.8 Å². The van der Waals surface area contributed by atoms with Crippen molar-refractivity contribution in [3.8, 4) is 0 Å². The summed E-state index contributed by atoms with van der Waals surface area (Å²) in [5.74, 6) is -0.724. The Kier molecular flexibility index (Phi) is 5.07. The topological polar surface area (TPSA) is 80.4 Å². The first-order valence-electron chi connectivity index (χ1n) is 7.44. The minimum atomic E-state index is -1.28. The van der Waals surface area contributed by atoms with Crippen LogP contribution in [-0.4, -0.2) is 28.0 Å². The molecule has 1 aliphatic carbocycles. The molecule has 0 spiro atoms. The van der Waals surface area contributed by atoms with E-state index in [-0.39, 0.29) is 18.7 Å². The quantitative estimate of drug-likeness (QED) is 0.645. The number of carbonyl (C=O) groups excluding carboxylic acids is 1. The fraction of sp³-hybridized carbons (Fsp3) is 0.562. The first kappa shape index (κ1) is 15.6. The average molecular weight is 291 g/mol. The molecule has 0 amide bonds. The van der Waals surface area contributed by atoms with Crippen LogP contribution in [0.5, 0.6) is 0 Å². The molecule has 0 unspecified atom stereocenters. The predicted octanol–water partition coefficient (Wildman–Crippen LogP) is 2.70. The normalized spacial score (nSPS) is 18.9. The van der Waals surface area contributed by atoms with Gasteiger partial charge in [0.25, 0.3) is 0 Å². The number of nitro groups is 1. The maximum absolute atomic E-state index is 12.4. The molecule has 1 atom stereocenters. The van der Waals surface area contributed by atoms with Crippen molar-refractivity contribution in [2.45, 2.75) is 50.0 Å². The highest BCUT2D eigenvalue weighted by atomic mass is 16.6. The third-order valence-corrected chi connectivity index (χ3v) is 4.27. The van der Waals surface area contributed by atoms with Gasteiger partial charge in [-0.2, -0.15) is 0 Å². The van der Waals surface area contributed by atoms with Gasteiger partial charge >= 0.3 is 0 Å². The summed E-state index contributed by atoms with van der Waals surface area (Å²) >= 11 is 0. The Balaban J connectivity index is 2.11. The van der Waals surface area contributed by atoms with E-state index in [1.807, 2.05) is 18.2 Å². The lowest BCUT2D eigenvalue weighted by atomic mass is 9.78. The number of nitrogens with zero attached hydrogens (tertiary/aromatic N) is 1. The molecule has 5 nitrogen and oxygen atoms in total. The summed E-state index contributed by atoms with van der Waals surface area (Å²) in [4.78, 5) is 22.9. The standard InChI is InChI=1S/C16H21NO4/c18-15(16(19)9-5-2-6-10-16)11-14(12-17(20)21)13-7-3-1-4-8-13/h1,3-4,7-8,14,19H,2,5-6,9-12H2/t14-/m0/s1. The zero-order valence-electron chi connectivity index (χ0n) is 12.0. The van der Waals surface area contributed by atoms with Crippen LogP contribution in [0.2, 0.25) is 0 Å². The monoisotopic (exact) mass is 291 g/mol. The molecule has 1 N–H and O–H groups in total. The Labute approximate surface area is 124 Å². The van der Waals surface area contributed by atoms with E-state index >= 15 is 0 Å². The molecular weight excluding hydrogens is 270 g/mol. The second kappa shape index (κ2) is 6.80. The van der Waals surface area contributed by atoms with Crippen molar-refractivity contribution in [2.24, 2.45) is 0 Å². The minimum Gasteiger partial charge on any atom is -0.382 e. The number of aliphatic hydroxyl groups is 1. The van der Waals surface area contributed by atoms with Gasteiger partial charge in [0.1, 0.15) is 5.60 Å². The van der Waals surface area contributed by atoms with E-state index in [9.17, 15) is 20.0 Å². The Morgan fingerprint density at radius 1 is 1.24 bits per heavy atom. The second-order valence-electron chi connectivity index (χ2n) is 5.84. The number of hydrogen-bond acceptors (Lipinski definition) is 4. The molecular formula is C16H21NO4. The van der Waals surface area contributed by atoms with Crippen molar-refractivity contribution in [3.05, 3.63) is 46.0 Å². The average Bonchev–Trinajstić information content (AvgIpc) is 2.47. The van der Waals surface area contributed by atoms with E-state index in [0.29, 0.717) is 12.8 Å². The van der Waals surface area contributed by atoms with E-state index in [0.717, 1.165) is 24.8 Å². The number of benzene rings is 1. The first-order valence-corrected chi connectivity index (χ1v) is 7.44. The maximum atomic E-state index is 12.4. The van der Waals surface area contributed by atoms with Crippen LogP contribution >= 0.6 is 0 Å². The SMILES string of the molecule is O=C(C[C@@H](C[N+](=O)[O-])c1ccccc1)C1(O)CCCCC1. The second-order valence-corrected chi connectivity index (χ2v) is 5.84. The molecule has 1 aromatic carbocycles. The Hall–Kier alpha value is -1.75. The molecule has 0 aliphatic heterocycles. The van der Waals surface area contributed by atoms with Crippen LogP contribution < -0.4 is 0 Å². The minimum absolute atomic E-state index is 0.0293. The van der Waals surface area contributed by atoms with Crippen molar-refractivity contribution in [3.63, 3.8) is 0 Å². The van der Waals surface area contributed by atoms with Crippen LogP contribution in [0.25, 0.3) is 0 Å². The van der Waals surface area contributed by atoms with Crippen LogP contribution in [0, 0.1) is 10.1 Å². The first-order chi connectivity index (χ1) is 10.0. The molecule has 0 saturated heterocycles. The van der Waals surface area contributed by atoms with E-state index < -0.39 is 16.4 Å². The van der Waals surface area contributed by atoms with Crippen LogP contribution in [0.3, 0.4) is 0 Å². The van der Waals surface area contributed by atoms with Crippen molar-refractivity contribution >= 4 is 5.78 Å². The van der Waals surface area contributed by atoms with Gasteiger partial charge in [0.2, 0.25) is 6.54 Å². The number of Topliss-reactive ketones (excluding diaryl/α,β-unsaturated/α-hetero) is 1. The van der Waals surface area contributed by atoms with Gasteiger partial charge in [-0.25, -0.2) is 0 Å². The maximum Gasteiger partial charge on any atom is 0.211 e. The van der Waals surface area contributed by atoms with Gasteiger partial charge in [0.05, 0.1) is 5.92 Å². The van der Waals surface area contributed by atoms with Crippen molar-refractivity contribution in [1.29, 1.82) is 0 Å². The van der Waals surface area contributed by atoms with Gasteiger partial charge in [-0.3, -0.25) is 14.9 Å². The molecule has 114 valence electrons. The molecule has 0 aromatic heterocycles. The van der Waals surface area contributed by atoms with Gasteiger partial charge in [0, 0.05) is 11.3 Å². The summed E-state index contributed by atoms with van der Waals surface area (Å²) in [7, 11) is 0. The molecule has 1 fully saturated rings. The third-order valence-electron chi connectivity index (χ3n) is 4.27. The van der Waals surface area contributed by atoms with Crippen LogP contribution in [0.15, 0.2) is 30.3 Å². The lowest BCUT2D eigenvalue weighted by Gasteiger charge is -2.31. The lowest BCUT2D eigenvalue weighted by molar-refractivity contribution is -0.483. The van der Waals surface area contributed by atoms with Gasteiger partial charge in [-0.1, -0.05) is 49.6 Å². The summed E-state index contributed by atoms with van der Waals surface area (Å²) < 4.78 is 0. The summed E-state index contributed by atoms with van der Waals surface area (Å²) in [6.07, 6.45) is 3.70. The van der Waals surface area contributed by atoms with E-state index in [1.165, 1.54) is 0 Å². The van der Waals surface area contributed by atoms with Gasteiger partial charge < -0.3 is 5.11 Å². The number of rotatable bonds is 6. The van der Waals surface area contributed by atoms with Crippen LogP contribution in [0.1, 0.15) is 50.0 Å². The van der Waals surface area contributed by atoms with E-state index in [1.54, 1.807) is 12.1 Å². The molecule has 0 radical (unpaired) electrons. The molecule has 1 aliphatic rings. The zero-order valence-corrected chi connectivity index (χ0v) is 12.0. The number of ketones is 1. The fourth-order valence-electron chi connectivity index (χ4n) is 3.02. The van der Waals surface area contributed by atoms with E-state index in [2.05, 4.69) is 0 Å². The largest absolute Gasteiger partial charge is 0.382 e. The van der Waals surface area contributed by atoms with Crippen molar-refractivity contribution in [1.82, 2.24) is 0 Å². The van der Waals surface area contributed by atoms with Crippen LogP contribution in [0.4, 0.5) is 0 Å². The van der Waals surface area contributed by atoms with Gasteiger partial charge in [0.15, 0.2) is 5.78 Å². The zero-order chi connectivity index (χ0) is 15.3. The highest BCUT2D eigenvalue weighted by Crippen LogP contribution is 2.32. The summed E-state index contributed by atoms with van der Waals surface area (Å²) in [6.45, 7) is -0.286. The summed E-state index contributed by atoms with van der Waals surface area (Å²) in [6, 6.07) is 9.05. The van der Waals surface area contributed by atoms with Gasteiger partial charge in [-0.15, -0.1) is 0 Å². The molecule has 2 rings (SSSR count). The number of hydrogen-bond donors (Lipinski definition) is 1. The summed E-state index contributed by atoms with van der Waals surface area (Å²) in [5.41, 5.74) is -0.496. The third kappa shape index (κ3) is 4.11. The Morgan fingerprint density at radius 3 is 2.43 bits per heavy atom. The highest BCUT2D eigenvalue weighted by Gasteiger charge is 2.38. The molecule has 0 bridgehead atoms. The highest BCUT2D eigenvalue weighted by molar-refractivity contribution is 5.87. The molecule has 21 heavy (non-hydrogen) atoms. The smallest absolute Gasteiger partial charge is 0.211 e. The summed E-state index contributed by atoms with van der Waals surface area (Å²) in [5, 5.41) is 21.3. The Bertz CT molecular complexity index is 494. The molecule has 1 saturated carbocycles. The lowest BCUT2D eigenvalue weighted by Crippen LogP contribution is -2.41. The fourth-order valence-corrected chi connectivity index (χ4v) is 3.02.